The van der Waals surface area contributed by atoms with E-state index < -0.39 is 13.0 Å². The van der Waals surface area contributed by atoms with E-state index >= 15 is 0 Å². The van der Waals surface area contributed by atoms with Gasteiger partial charge in [0.15, 0.2) is 0 Å². The lowest BCUT2D eigenvalue weighted by molar-refractivity contribution is -0.165. The zero-order valence-corrected chi connectivity index (χ0v) is 18.7. The molecule has 1 saturated carbocycles. The highest BCUT2D eigenvalue weighted by Crippen LogP contribution is 2.41. The van der Waals surface area contributed by atoms with Gasteiger partial charge in [-0.3, -0.25) is 0 Å². The molecule has 6 rings (SSSR count). The Morgan fingerprint density at radius 1 is 1.24 bits per heavy atom. The highest BCUT2D eigenvalue weighted by molar-refractivity contribution is 5.89. The van der Waals surface area contributed by atoms with Crippen LogP contribution in [0.3, 0.4) is 0 Å². The van der Waals surface area contributed by atoms with Gasteiger partial charge in [0.05, 0.1) is 24.8 Å². The summed E-state index contributed by atoms with van der Waals surface area (Å²) in [5.74, 6) is 0.947. The van der Waals surface area contributed by atoms with Crippen molar-refractivity contribution in [2.45, 2.75) is 56.7 Å². The van der Waals surface area contributed by atoms with E-state index in [1.165, 1.54) is 4.68 Å². The van der Waals surface area contributed by atoms with E-state index in [0.717, 1.165) is 49.8 Å². The zero-order chi connectivity index (χ0) is 23.3. The van der Waals surface area contributed by atoms with Crippen LogP contribution in [0.15, 0.2) is 30.5 Å². The van der Waals surface area contributed by atoms with Gasteiger partial charge in [0, 0.05) is 17.8 Å². The summed E-state index contributed by atoms with van der Waals surface area (Å²) in [6, 6.07) is 7.66. The molecule has 0 atom stereocenters. The first-order chi connectivity index (χ1) is 16.5. The summed E-state index contributed by atoms with van der Waals surface area (Å²) >= 11 is 0. The van der Waals surface area contributed by atoms with Crippen LogP contribution in [0.1, 0.15) is 32.1 Å². The van der Waals surface area contributed by atoms with Crippen LogP contribution in [-0.2, 0) is 11.3 Å². The number of anilines is 1. The summed E-state index contributed by atoms with van der Waals surface area (Å²) in [5.41, 5.74) is 3.55. The quantitative estimate of drug-likeness (QED) is 0.458. The van der Waals surface area contributed by atoms with Crippen LogP contribution >= 0.6 is 0 Å². The van der Waals surface area contributed by atoms with Crippen molar-refractivity contribution in [3.05, 3.63) is 30.5 Å². The monoisotopic (exact) mass is 469 g/mol. The molecule has 1 aromatic carbocycles. The second-order valence-electron chi connectivity index (χ2n) is 9.03. The molecule has 4 heterocycles. The van der Waals surface area contributed by atoms with Gasteiger partial charge in [0.2, 0.25) is 11.8 Å². The van der Waals surface area contributed by atoms with Crippen LogP contribution in [0.2, 0.25) is 0 Å². The van der Waals surface area contributed by atoms with Crippen LogP contribution in [0, 0.1) is 0 Å². The smallest absolute Gasteiger partial charge is 0.258 e. The second kappa shape index (κ2) is 8.15. The summed E-state index contributed by atoms with van der Waals surface area (Å²) in [6.45, 7) is 0.370. The number of fused-ring (bicyclic) bond motifs is 2. The van der Waals surface area contributed by atoms with Gasteiger partial charge in [-0.2, -0.15) is 4.98 Å². The van der Waals surface area contributed by atoms with Crippen LogP contribution < -0.4 is 10.1 Å². The van der Waals surface area contributed by atoms with Crippen LogP contribution in [-0.4, -0.2) is 61.4 Å². The molecule has 9 nitrogen and oxygen atoms in total. The minimum atomic E-state index is -2.51. The van der Waals surface area contributed by atoms with E-state index in [0.29, 0.717) is 28.4 Å². The van der Waals surface area contributed by atoms with Crippen molar-refractivity contribution >= 4 is 22.5 Å². The number of nitrogens with one attached hydrogen (secondary N) is 1. The molecule has 1 saturated heterocycles. The normalized spacial score (nSPS) is 22.5. The average Bonchev–Trinajstić information content (AvgIpc) is 3.41. The van der Waals surface area contributed by atoms with Crippen molar-refractivity contribution in [3.63, 3.8) is 0 Å². The SMILES string of the molecule is COc1nc(N[C@H]2CC[C@@]3(CCO3)CC2)nn2ccc(-c3ccc4nnn(CC(F)F)c4c3)c12. The standard InChI is InChI=1S/C23H25F2N7O2/c1-33-21-20-16(14-2-3-17-18(12-14)32(30-28-17)13-19(24)25)6-10-31(20)29-22(27-21)26-15-4-7-23(8-5-15)9-11-34-23/h2-3,6,10,12,15,19H,4-5,7-9,11,13H2,1H3,(H,26,29)/t15-,23-. The third-order valence-corrected chi connectivity index (χ3v) is 7.00. The van der Waals surface area contributed by atoms with E-state index in [2.05, 4.69) is 25.7 Å². The van der Waals surface area contributed by atoms with Crippen molar-refractivity contribution in [2.24, 2.45) is 0 Å². The zero-order valence-electron chi connectivity index (χ0n) is 18.7. The topological polar surface area (TPSA) is 91.4 Å². The Labute approximate surface area is 194 Å². The van der Waals surface area contributed by atoms with Crippen molar-refractivity contribution in [3.8, 4) is 17.0 Å². The summed E-state index contributed by atoms with van der Waals surface area (Å²) < 4.78 is 40.3. The van der Waals surface area contributed by atoms with Crippen LogP contribution in [0.4, 0.5) is 14.7 Å². The Bertz CT molecular complexity index is 1340. The fraction of sp³-hybridized carbons (Fsp3) is 0.478. The molecule has 2 fully saturated rings. The molecule has 34 heavy (non-hydrogen) atoms. The number of ether oxygens (including phenoxy) is 2. The van der Waals surface area contributed by atoms with E-state index in [1.54, 1.807) is 23.8 Å². The predicted octanol–water partition coefficient (Wildman–Crippen LogP) is 3.93. The first-order valence-electron chi connectivity index (χ1n) is 11.5. The van der Waals surface area contributed by atoms with Gasteiger partial charge in [-0.05, 0) is 55.9 Å². The lowest BCUT2D eigenvalue weighted by Gasteiger charge is -2.46. The van der Waals surface area contributed by atoms with Gasteiger partial charge in [-0.15, -0.1) is 10.2 Å². The van der Waals surface area contributed by atoms with Gasteiger partial charge in [0.25, 0.3) is 6.43 Å². The Kier molecular flexibility index (Phi) is 5.09. The van der Waals surface area contributed by atoms with Crippen molar-refractivity contribution in [1.82, 2.24) is 29.6 Å². The van der Waals surface area contributed by atoms with Crippen LogP contribution in [0.25, 0.3) is 27.7 Å². The minimum Gasteiger partial charge on any atom is -0.479 e. The number of alkyl halides is 2. The fourth-order valence-corrected chi connectivity index (χ4v) is 5.08. The molecule has 0 radical (unpaired) electrons. The van der Waals surface area contributed by atoms with E-state index in [9.17, 15) is 8.78 Å². The molecule has 1 aliphatic heterocycles. The first-order valence-corrected chi connectivity index (χ1v) is 11.5. The van der Waals surface area contributed by atoms with Crippen molar-refractivity contribution in [1.29, 1.82) is 0 Å². The van der Waals surface area contributed by atoms with Crippen molar-refractivity contribution < 1.29 is 18.3 Å². The van der Waals surface area contributed by atoms with E-state index in [1.807, 2.05) is 18.3 Å². The number of nitrogens with zero attached hydrogens (tertiary/aromatic N) is 6. The number of rotatable bonds is 6. The lowest BCUT2D eigenvalue weighted by atomic mass is 9.77. The molecule has 4 aromatic rings. The van der Waals surface area contributed by atoms with Crippen molar-refractivity contribution in [2.75, 3.05) is 19.0 Å². The molecule has 0 bridgehead atoms. The molecule has 3 aromatic heterocycles. The van der Waals surface area contributed by atoms with Gasteiger partial charge in [-0.1, -0.05) is 11.3 Å². The molecular formula is C23H25F2N7O2. The Morgan fingerprint density at radius 2 is 2.06 bits per heavy atom. The summed E-state index contributed by atoms with van der Waals surface area (Å²) in [6.07, 6.45) is 4.62. The molecule has 1 N–H and O–H groups in total. The molecule has 1 spiro atoms. The maximum absolute atomic E-state index is 12.9. The van der Waals surface area contributed by atoms with Gasteiger partial charge >= 0.3 is 0 Å². The molecular weight excluding hydrogens is 444 g/mol. The number of hydrogen-bond acceptors (Lipinski definition) is 7. The summed E-state index contributed by atoms with van der Waals surface area (Å²) in [5, 5.41) is 16.0. The highest BCUT2D eigenvalue weighted by Gasteiger charge is 2.41. The number of benzene rings is 1. The fourth-order valence-electron chi connectivity index (χ4n) is 5.08. The highest BCUT2D eigenvalue weighted by atomic mass is 19.3. The van der Waals surface area contributed by atoms with Gasteiger partial charge < -0.3 is 14.8 Å². The summed E-state index contributed by atoms with van der Waals surface area (Å²) in [7, 11) is 1.58. The maximum atomic E-state index is 12.9. The third-order valence-electron chi connectivity index (χ3n) is 7.00. The molecule has 2 aliphatic rings. The van der Waals surface area contributed by atoms with E-state index in [-0.39, 0.29) is 11.6 Å². The molecule has 0 amide bonds. The molecule has 1 aliphatic carbocycles. The number of methoxy groups -OCH3 is 1. The second-order valence-corrected chi connectivity index (χ2v) is 9.03. The minimum absolute atomic E-state index is 0.108. The van der Waals surface area contributed by atoms with Gasteiger partial charge in [-0.25, -0.2) is 18.0 Å². The van der Waals surface area contributed by atoms with E-state index in [4.69, 9.17) is 9.47 Å². The molecule has 178 valence electrons. The lowest BCUT2D eigenvalue weighted by Crippen LogP contribution is -2.48. The molecule has 11 heteroatoms. The average molecular weight is 469 g/mol. The Balaban J connectivity index is 1.31. The predicted molar refractivity (Wildman–Crippen MR) is 121 cm³/mol. The Hall–Kier alpha value is -3.34. The largest absolute Gasteiger partial charge is 0.479 e. The molecule has 0 unspecified atom stereocenters. The summed E-state index contributed by atoms with van der Waals surface area (Å²) in [4.78, 5) is 4.63. The van der Waals surface area contributed by atoms with Crippen LogP contribution in [0.5, 0.6) is 5.88 Å². The van der Waals surface area contributed by atoms with Gasteiger partial charge in [0.1, 0.15) is 17.6 Å². The first kappa shape index (κ1) is 21.2. The third kappa shape index (κ3) is 3.64. The number of aromatic nitrogens is 6. The number of hydrogen-bond donors (Lipinski definition) is 1. The number of halogens is 2. The maximum Gasteiger partial charge on any atom is 0.258 e. The Morgan fingerprint density at radius 3 is 2.76 bits per heavy atom.